The molecule has 2 heterocycles. The highest BCUT2D eigenvalue weighted by molar-refractivity contribution is 7.90. The van der Waals surface area contributed by atoms with Gasteiger partial charge < -0.3 is 14.9 Å². The second-order valence-electron chi connectivity index (χ2n) is 7.26. The van der Waals surface area contributed by atoms with Crippen molar-refractivity contribution in [2.24, 2.45) is 5.16 Å². The number of nitrogens with one attached hydrogen (secondary N) is 1. The third-order valence-corrected chi connectivity index (χ3v) is 7.02. The van der Waals surface area contributed by atoms with E-state index in [4.69, 9.17) is 9.57 Å². The fourth-order valence-corrected chi connectivity index (χ4v) is 5.00. The van der Waals surface area contributed by atoms with Gasteiger partial charge in [0.25, 0.3) is 0 Å². The second kappa shape index (κ2) is 11.7. The van der Waals surface area contributed by atoms with E-state index >= 15 is 0 Å². The molecule has 3 rings (SSSR count). The van der Waals surface area contributed by atoms with Crippen LogP contribution in [-0.4, -0.2) is 63.8 Å². The van der Waals surface area contributed by atoms with E-state index in [1.54, 1.807) is 35.9 Å². The van der Waals surface area contributed by atoms with Gasteiger partial charge in [0.1, 0.15) is 18.2 Å². The van der Waals surface area contributed by atoms with Crippen LogP contribution in [0.5, 0.6) is 5.75 Å². The Kier molecular flexibility index (Phi) is 8.69. The van der Waals surface area contributed by atoms with Crippen molar-refractivity contribution in [1.29, 1.82) is 0 Å². The van der Waals surface area contributed by atoms with Gasteiger partial charge in [0.15, 0.2) is 0 Å². The number of ether oxygens (including phenoxy) is 1. The number of pyridine rings is 1. The molecular formula is C22H31N5O4S. The Hall–Kier alpha value is -2.85. The normalized spacial score (nSPS) is 15.9. The Morgan fingerprint density at radius 3 is 2.72 bits per heavy atom. The maximum atomic E-state index is 12.9. The lowest BCUT2D eigenvalue weighted by atomic mass is 10.2. The van der Waals surface area contributed by atoms with Gasteiger partial charge in [-0.1, -0.05) is 5.16 Å². The molecule has 1 aliphatic heterocycles. The first-order valence-electron chi connectivity index (χ1n) is 10.8. The fourth-order valence-electron chi connectivity index (χ4n) is 3.35. The van der Waals surface area contributed by atoms with Crippen LogP contribution in [0.4, 0.5) is 11.5 Å². The summed E-state index contributed by atoms with van der Waals surface area (Å²) in [6.07, 6.45) is 5.82. The molecule has 1 saturated heterocycles. The summed E-state index contributed by atoms with van der Waals surface area (Å²) in [6.45, 7) is 4.47. The minimum Gasteiger partial charge on any atom is -0.494 e. The first-order valence-corrected chi connectivity index (χ1v) is 12.2. The fraction of sp³-hybridized carbons (Fsp3) is 0.455. The van der Waals surface area contributed by atoms with Gasteiger partial charge in [-0.3, -0.25) is 4.31 Å². The number of oxime groups is 1. The summed E-state index contributed by atoms with van der Waals surface area (Å²) in [7, 11) is -1.74. The molecule has 0 bridgehead atoms. The van der Waals surface area contributed by atoms with E-state index in [9.17, 15) is 8.42 Å². The van der Waals surface area contributed by atoms with Crippen LogP contribution in [0.15, 0.2) is 47.8 Å². The number of rotatable bonds is 12. The van der Waals surface area contributed by atoms with Crippen molar-refractivity contribution in [3.8, 4) is 5.75 Å². The molecule has 0 atom stereocenters. The predicted octanol–water partition coefficient (Wildman–Crippen LogP) is 3.11. The van der Waals surface area contributed by atoms with Crippen molar-refractivity contribution in [2.45, 2.75) is 26.2 Å². The van der Waals surface area contributed by atoms with Crippen molar-refractivity contribution >= 4 is 27.9 Å². The molecule has 1 aromatic heterocycles. The average Bonchev–Trinajstić information content (AvgIpc) is 3.11. The molecule has 0 unspecified atom stereocenters. The first kappa shape index (κ1) is 23.8. The van der Waals surface area contributed by atoms with Crippen molar-refractivity contribution in [3.05, 3.63) is 48.2 Å². The molecule has 2 aromatic rings. The molecule has 1 fully saturated rings. The van der Waals surface area contributed by atoms with E-state index < -0.39 is 10.2 Å². The van der Waals surface area contributed by atoms with E-state index in [2.05, 4.69) is 15.5 Å². The Balaban J connectivity index is 1.38. The van der Waals surface area contributed by atoms with Gasteiger partial charge in [0.05, 0.1) is 18.5 Å². The molecule has 1 aliphatic rings. The van der Waals surface area contributed by atoms with E-state index in [1.807, 2.05) is 31.2 Å². The van der Waals surface area contributed by atoms with Crippen LogP contribution in [0.25, 0.3) is 0 Å². The molecule has 0 aliphatic carbocycles. The number of benzene rings is 1. The smallest absolute Gasteiger partial charge is 0.304 e. The number of hydrogen-bond acceptors (Lipinski definition) is 7. The lowest BCUT2D eigenvalue weighted by Crippen LogP contribution is -2.33. The number of hydrogen-bond donors (Lipinski definition) is 1. The average molecular weight is 462 g/mol. The largest absolute Gasteiger partial charge is 0.494 e. The van der Waals surface area contributed by atoms with Crippen LogP contribution in [0.3, 0.4) is 0 Å². The number of anilines is 2. The van der Waals surface area contributed by atoms with Crippen molar-refractivity contribution in [3.63, 3.8) is 0 Å². The summed E-state index contributed by atoms with van der Waals surface area (Å²) in [5.74, 6) is 1.44. The number of unbranched alkanes of at least 4 members (excludes halogenated alkanes) is 2. The maximum absolute atomic E-state index is 12.9. The van der Waals surface area contributed by atoms with Gasteiger partial charge in [-0.15, -0.1) is 0 Å². The summed E-state index contributed by atoms with van der Waals surface area (Å²) in [5.41, 5.74) is 1.58. The summed E-state index contributed by atoms with van der Waals surface area (Å²) in [5, 5.41) is 6.78. The minimum atomic E-state index is -3.49. The van der Waals surface area contributed by atoms with Crippen LogP contribution in [0.1, 0.15) is 31.7 Å². The Bertz CT molecular complexity index is 982. The third kappa shape index (κ3) is 6.33. The quantitative estimate of drug-likeness (QED) is 0.296. The zero-order valence-electron chi connectivity index (χ0n) is 18.6. The van der Waals surface area contributed by atoms with E-state index in [1.165, 1.54) is 4.31 Å². The summed E-state index contributed by atoms with van der Waals surface area (Å²) in [4.78, 5) is 9.09. The molecule has 0 spiro atoms. The number of nitrogens with zero attached hydrogens (tertiary/aromatic N) is 4. The van der Waals surface area contributed by atoms with Crippen molar-refractivity contribution < 1.29 is 18.0 Å². The molecule has 10 heteroatoms. The predicted molar refractivity (Wildman–Crippen MR) is 127 cm³/mol. The zero-order valence-corrected chi connectivity index (χ0v) is 19.4. The molecule has 174 valence electrons. The topological polar surface area (TPSA) is 96.4 Å². The Morgan fingerprint density at radius 2 is 1.97 bits per heavy atom. The minimum absolute atomic E-state index is 0.448. The monoisotopic (exact) mass is 461 g/mol. The molecule has 0 saturated carbocycles. The highest BCUT2D eigenvalue weighted by atomic mass is 32.2. The zero-order chi connectivity index (χ0) is 22.8. The third-order valence-electron chi connectivity index (χ3n) is 5.05. The molecule has 1 N–H and O–H groups in total. The SMILES string of the molecule is CCO/N=C/c1ccc(OCCCCCN2CCN(c3ccnc(NC)c3)S2(=O)=O)cc1. The lowest BCUT2D eigenvalue weighted by Gasteiger charge is -2.20. The van der Waals surface area contributed by atoms with Crippen molar-refractivity contribution in [1.82, 2.24) is 9.29 Å². The van der Waals surface area contributed by atoms with Crippen LogP contribution < -0.4 is 14.4 Å². The van der Waals surface area contributed by atoms with Gasteiger partial charge in [-0.05, 0) is 62.1 Å². The Labute approximate surface area is 190 Å². The van der Waals surface area contributed by atoms with Crippen molar-refractivity contribution in [2.75, 3.05) is 49.5 Å². The summed E-state index contributed by atoms with van der Waals surface area (Å²) < 4.78 is 34.5. The van der Waals surface area contributed by atoms with E-state index in [0.29, 0.717) is 44.4 Å². The maximum Gasteiger partial charge on any atom is 0.304 e. The number of aromatic nitrogens is 1. The van der Waals surface area contributed by atoms with E-state index in [0.717, 1.165) is 30.6 Å². The second-order valence-corrected chi connectivity index (χ2v) is 9.11. The van der Waals surface area contributed by atoms with Crippen LogP contribution >= 0.6 is 0 Å². The van der Waals surface area contributed by atoms with Crippen LogP contribution in [0.2, 0.25) is 0 Å². The summed E-state index contributed by atoms with van der Waals surface area (Å²) in [6, 6.07) is 11.1. The van der Waals surface area contributed by atoms with Crippen LogP contribution in [-0.2, 0) is 15.0 Å². The van der Waals surface area contributed by atoms with Gasteiger partial charge in [0.2, 0.25) is 0 Å². The van der Waals surface area contributed by atoms with Gasteiger partial charge >= 0.3 is 10.2 Å². The molecule has 0 amide bonds. The van der Waals surface area contributed by atoms with Crippen LogP contribution in [0, 0.1) is 0 Å². The first-order chi connectivity index (χ1) is 15.5. The standard InChI is InChI=1S/C22H31N5O4S/c1-3-31-25-18-19-7-9-21(10-8-19)30-16-6-4-5-13-26-14-15-27(32(26,28)29)20-11-12-24-22(17-20)23-2/h7-12,17-18H,3-6,13-16H2,1-2H3,(H,23,24)/b25-18+. The molecule has 9 nitrogen and oxygen atoms in total. The molecule has 32 heavy (non-hydrogen) atoms. The van der Waals surface area contributed by atoms with Gasteiger partial charge in [-0.2, -0.15) is 12.7 Å². The van der Waals surface area contributed by atoms with E-state index in [-0.39, 0.29) is 0 Å². The summed E-state index contributed by atoms with van der Waals surface area (Å²) >= 11 is 0. The highest BCUT2D eigenvalue weighted by Gasteiger charge is 2.36. The van der Waals surface area contributed by atoms with Gasteiger partial charge in [-0.25, -0.2) is 4.98 Å². The van der Waals surface area contributed by atoms with Gasteiger partial charge in [0, 0.05) is 38.9 Å². The lowest BCUT2D eigenvalue weighted by molar-refractivity contribution is 0.160. The highest BCUT2D eigenvalue weighted by Crippen LogP contribution is 2.26. The molecular weight excluding hydrogens is 430 g/mol. The Morgan fingerprint density at radius 1 is 1.16 bits per heavy atom. The molecule has 0 radical (unpaired) electrons. The molecule has 1 aromatic carbocycles.